The van der Waals surface area contributed by atoms with Crippen LogP contribution < -0.4 is 4.90 Å². The Morgan fingerprint density at radius 2 is 2.08 bits per heavy atom. The molecular weight excluding hydrogens is 403 g/mol. The molecule has 1 amide bonds. The molecule has 0 spiro atoms. The minimum Gasteiger partial charge on any atom is -0.316 e. The average Bonchev–Trinajstić information content (AvgIpc) is 2.99. The van der Waals surface area contributed by atoms with Gasteiger partial charge in [0.1, 0.15) is 0 Å². The molecule has 2 atom stereocenters. The van der Waals surface area contributed by atoms with Crippen LogP contribution in [0.1, 0.15) is 26.2 Å². The van der Waals surface area contributed by atoms with Gasteiger partial charge in [0.15, 0.2) is 15.0 Å². The smallest absolute Gasteiger partial charge is 0.248 e. The van der Waals surface area contributed by atoms with Crippen LogP contribution in [0.4, 0.5) is 5.69 Å². The molecule has 5 nitrogen and oxygen atoms in total. The van der Waals surface area contributed by atoms with Gasteiger partial charge in [-0.15, -0.1) is 0 Å². The molecule has 0 N–H and O–H groups in total. The summed E-state index contributed by atoms with van der Waals surface area (Å²) in [6, 6.07) is 4.87. The Morgan fingerprint density at radius 1 is 1.32 bits per heavy atom. The highest BCUT2D eigenvalue weighted by Gasteiger charge is 2.49. The van der Waals surface area contributed by atoms with Crippen molar-refractivity contribution in [2.75, 3.05) is 16.4 Å². The highest BCUT2D eigenvalue weighted by molar-refractivity contribution is 8.16. The number of aliphatic imine (C=N–C) groups is 1. The largest absolute Gasteiger partial charge is 0.316 e. The first kappa shape index (κ1) is 19.0. The van der Waals surface area contributed by atoms with Crippen LogP contribution >= 0.6 is 35.0 Å². The Balaban J connectivity index is 1.96. The van der Waals surface area contributed by atoms with Crippen molar-refractivity contribution in [2.45, 2.75) is 37.5 Å². The van der Waals surface area contributed by atoms with Crippen LogP contribution in [0.25, 0.3) is 0 Å². The lowest BCUT2D eigenvalue weighted by atomic mass is 10.2. The number of carbonyl (C=O) groups excluding carboxylic acids is 1. The minimum atomic E-state index is -3.09. The number of benzene rings is 1. The van der Waals surface area contributed by atoms with Gasteiger partial charge in [-0.1, -0.05) is 48.3 Å². The van der Waals surface area contributed by atoms with E-state index in [0.29, 0.717) is 27.3 Å². The van der Waals surface area contributed by atoms with Gasteiger partial charge in [0.25, 0.3) is 0 Å². The molecule has 0 saturated carbocycles. The third-order valence-corrected chi connectivity index (χ3v) is 8.16. The number of amides is 1. The van der Waals surface area contributed by atoms with Crippen LogP contribution in [-0.2, 0) is 14.6 Å². The standard InChI is InChI=1S/C16H18Cl2N2O3S2/c1-2-3-4-15(21)19-16-20(10-5-6-11(17)12(18)7-10)13-8-25(22,23)9-14(13)24-16/h5-7,13-14H,2-4,8-9H2,1H3/t13-,14+/m1/s1. The van der Waals surface area contributed by atoms with E-state index in [4.69, 9.17) is 23.2 Å². The number of anilines is 1. The normalized spacial score (nSPS) is 26.2. The molecule has 0 aliphatic carbocycles. The molecule has 2 heterocycles. The maximum Gasteiger partial charge on any atom is 0.248 e. The topological polar surface area (TPSA) is 66.8 Å². The van der Waals surface area contributed by atoms with Gasteiger partial charge in [-0.05, 0) is 24.6 Å². The zero-order valence-electron chi connectivity index (χ0n) is 13.6. The summed E-state index contributed by atoms with van der Waals surface area (Å²) in [5, 5.41) is 1.22. The first-order chi connectivity index (χ1) is 11.8. The molecular formula is C16H18Cl2N2O3S2. The Morgan fingerprint density at radius 3 is 2.76 bits per heavy atom. The fraction of sp³-hybridized carbons (Fsp3) is 0.500. The molecule has 0 aromatic heterocycles. The molecule has 2 aliphatic heterocycles. The molecule has 1 aromatic rings. The van der Waals surface area contributed by atoms with Gasteiger partial charge in [0.05, 0.1) is 27.6 Å². The van der Waals surface area contributed by atoms with Crippen molar-refractivity contribution < 1.29 is 13.2 Å². The first-order valence-electron chi connectivity index (χ1n) is 8.03. The SMILES string of the molecule is CCCCC(=O)N=C1S[C@H]2CS(=O)(=O)C[C@H]2N1c1ccc(Cl)c(Cl)c1. The van der Waals surface area contributed by atoms with Crippen LogP contribution in [0.5, 0.6) is 0 Å². The fourth-order valence-electron chi connectivity index (χ4n) is 2.99. The van der Waals surface area contributed by atoms with Crippen molar-refractivity contribution in [2.24, 2.45) is 4.99 Å². The van der Waals surface area contributed by atoms with E-state index in [-0.39, 0.29) is 28.7 Å². The second kappa shape index (κ2) is 7.47. The van der Waals surface area contributed by atoms with Crippen molar-refractivity contribution in [1.29, 1.82) is 0 Å². The maximum absolute atomic E-state index is 12.1. The molecule has 1 aromatic carbocycles. The summed E-state index contributed by atoms with van der Waals surface area (Å²) < 4.78 is 24.0. The maximum atomic E-state index is 12.1. The molecule has 0 radical (unpaired) electrons. The van der Waals surface area contributed by atoms with E-state index in [1.54, 1.807) is 18.2 Å². The van der Waals surface area contributed by atoms with Gasteiger partial charge in [0.2, 0.25) is 5.91 Å². The lowest BCUT2D eigenvalue weighted by molar-refractivity contribution is -0.117. The zero-order chi connectivity index (χ0) is 18.2. The van der Waals surface area contributed by atoms with E-state index in [9.17, 15) is 13.2 Å². The molecule has 3 rings (SSSR count). The quantitative estimate of drug-likeness (QED) is 0.740. The van der Waals surface area contributed by atoms with Gasteiger partial charge < -0.3 is 4.90 Å². The lowest BCUT2D eigenvalue weighted by Gasteiger charge is -2.24. The predicted molar refractivity (Wildman–Crippen MR) is 105 cm³/mol. The summed E-state index contributed by atoms with van der Waals surface area (Å²) in [6.45, 7) is 2.02. The van der Waals surface area contributed by atoms with Crippen LogP contribution in [0.15, 0.2) is 23.2 Å². The van der Waals surface area contributed by atoms with E-state index < -0.39 is 9.84 Å². The number of nitrogens with zero attached hydrogens (tertiary/aromatic N) is 2. The first-order valence-corrected chi connectivity index (χ1v) is 11.5. The second-order valence-electron chi connectivity index (χ2n) is 6.16. The van der Waals surface area contributed by atoms with Crippen molar-refractivity contribution >= 4 is 61.6 Å². The number of amidine groups is 1. The number of carbonyl (C=O) groups is 1. The monoisotopic (exact) mass is 420 g/mol. The number of unbranched alkanes of at least 4 members (excludes halogenated alkanes) is 1. The Kier molecular flexibility index (Phi) is 5.68. The van der Waals surface area contributed by atoms with Crippen LogP contribution in [0.2, 0.25) is 10.0 Å². The number of hydrogen-bond donors (Lipinski definition) is 0. The molecule has 0 unspecified atom stereocenters. The van der Waals surface area contributed by atoms with Crippen molar-refractivity contribution in [3.8, 4) is 0 Å². The average molecular weight is 421 g/mol. The molecule has 2 fully saturated rings. The van der Waals surface area contributed by atoms with E-state index >= 15 is 0 Å². The van der Waals surface area contributed by atoms with Crippen molar-refractivity contribution in [3.05, 3.63) is 28.2 Å². The molecule has 0 bridgehead atoms. The Bertz CT molecular complexity index is 827. The number of halogens is 2. The molecule has 136 valence electrons. The van der Waals surface area contributed by atoms with Crippen molar-refractivity contribution in [3.63, 3.8) is 0 Å². The highest BCUT2D eigenvalue weighted by Crippen LogP contribution is 2.42. The summed E-state index contributed by atoms with van der Waals surface area (Å²) in [5.41, 5.74) is 0.702. The molecule has 25 heavy (non-hydrogen) atoms. The summed E-state index contributed by atoms with van der Waals surface area (Å²) in [6.07, 6.45) is 2.10. The van der Waals surface area contributed by atoms with Gasteiger partial charge >= 0.3 is 0 Å². The van der Waals surface area contributed by atoms with Crippen LogP contribution in [-0.4, -0.2) is 42.3 Å². The van der Waals surface area contributed by atoms with Crippen LogP contribution in [0, 0.1) is 0 Å². The summed E-state index contributed by atoms with van der Waals surface area (Å²) in [5.74, 6) is -0.0349. The predicted octanol–water partition coefficient (Wildman–Crippen LogP) is 3.79. The summed E-state index contributed by atoms with van der Waals surface area (Å²) >= 11 is 13.5. The van der Waals surface area contributed by atoms with Crippen molar-refractivity contribution in [1.82, 2.24) is 0 Å². The van der Waals surface area contributed by atoms with Gasteiger partial charge in [0, 0.05) is 17.4 Å². The number of fused-ring (bicyclic) bond motifs is 1. The van der Waals surface area contributed by atoms with E-state index in [1.807, 2.05) is 11.8 Å². The van der Waals surface area contributed by atoms with Gasteiger partial charge in [-0.25, -0.2) is 8.42 Å². The number of thioether (sulfide) groups is 1. The fourth-order valence-corrected chi connectivity index (χ4v) is 7.22. The third-order valence-electron chi connectivity index (χ3n) is 4.21. The Hall–Kier alpha value is -0.760. The zero-order valence-corrected chi connectivity index (χ0v) is 16.8. The van der Waals surface area contributed by atoms with Gasteiger partial charge in [-0.2, -0.15) is 4.99 Å². The molecule has 2 aliphatic rings. The third kappa shape index (κ3) is 4.15. The number of rotatable bonds is 4. The second-order valence-corrected chi connectivity index (χ2v) is 10.3. The minimum absolute atomic E-state index is 0.0487. The summed E-state index contributed by atoms with van der Waals surface area (Å²) in [4.78, 5) is 18.2. The van der Waals surface area contributed by atoms with E-state index in [2.05, 4.69) is 4.99 Å². The van der Waals surface area contributed by atoms with E-state index in [1.165, 1.54) is 11.8 Å². The Labute approximate surface area is 161 Å². The molecule has 2 saturated heterocycles. The van der Waals surface area contributed by atoms with Gasteiger partial charge in [-0.3, -0.25) is 4.79 Å². The molecule has 9 heteroatoms. The number of sulfone groups is 1. The van der Waals surface area contributed by atoms with Crippen LogP contribution in [0.3, 0.4) is 0 Å². The summed E-state index contributed by atoms with van der Waals surface area (Å²) in [7, 11) is -3.09. The number of hydrogen-bond acceptors (Lipinski definition) is 4. The van der Waals surface area contributed by atoms with E-state index in [0.717, 1.165) is 12.8 Å². The highest BCUT2D eigenvalue weighted by atomic mass is 35.5. The lowest BCUT2D eigenvalue weighted by Crippen LogP contribution is -2.37.